The number of nitrogens with zero attached hydrogens (tertiary/aromatic N) is 1. The largest absolute Gasteiger partial charge is 0.431 e. The first kappa shape index (κ1) is 13.7. The van der Waals surface area contributed by atoms with Crippen LogP contribution in [0.4, 0.5) is 0 Å². The molecule has 3 rings (SSSR count). The van der Waals surface area contributed by atoms with E-state index >= 15 is 0 Å². The zero-order valence-corrected chi connectivity index (χ0v) is 11.3. The molecule has 1 heterocycles. The first-order chi connectivity index (χ1) is 9.89. The molecule has 0 saturated carbocycles. The van der Waals surface area contributed by atoms with Crippen LogP contribution in [0.5, 0.6) is 0 Å². The molecule has 7 heteroatoms. The lowest BCUT2D eigenvalue weighted by molar-refractivity contribution is -0.330. The van der Waals surface area contributed by atoms with Crippen LogP contribution in [0, 0.1) is 0 Å². The number of carbonyl (C=O) groups is 2. The average molecular weight is 290 g/mol. The van der Waals surface area contributed by atoms with Crippen molar-refractivity contribution >= 4 is 11.9 Å². The maximum absolute atomic E-state index is 11.8. The monoisotopic (exact) mass is 290 g/mol. The molecule has 110 valence electrons. The van der Waals surface area contributed by atoms with Gasteiger partial charge in [0, 0.05) is 31.2 Å². The second kappa shape index (κ2) is 4.39. The Kier molecular flexibility index (Phi) is 2.87. The Morgan fingerprint density at radius 2 is 1.81 bits per heavy atom. The van der Waals surface area contributed by atoms with Crippen molar-refractivity contribution in [3.05, 3.63) is 47.5 Å². The summed E-state index contributed by atoms with van der Waals surface area (Å²) in [5.74, 6) is 2.01. The van der Waals surface area contributed by atoms with Gasteiger partial charge in [-0.05, 0) is 5.56 Å². The highest BCUT2D eigenvalue weighted by atomic mass is 16.7. The maximum Gasteiger partial charge on any atom is 0.333 e. The fourth-order valence-electron chi connectivity index (χ4n) is 2.79. The van der Waals surface area contributed by atoms with Gasteiger partial charge in [-0.1, -0.05) is 24.3 Å². The van der Waals surface area contributed by atoms with Crippen LogP contribution in [0.2, 0.25) is 0 Å². The quantitative estimate of drug-likeness (QED) is 0.410. The lowest BCUT2D eigenvalue weighted by Crippen LogP contribution is -2.66. The number of hydrazine groups is 1. The number of likely N-dealkylation sites (N-methyl/N-ethyl adjacent to an activating group) is 1. The van der Waals surface area contributed by atoms with Gasteiger partial charge in [0.25, 0.3) is 11.5 Å². The van der Waals surface area contributed by atoms with Gasteiger partial charge in [0.1, 0.15) is 0 Å². The van der Waals surface area contributed by atoms with Crippen LogP contribution in [0.3, 0.4) is 0 Å². The summed E-state index contributed by atoms with van der Waals surface area (Å²) in [4.78, 5) is 23.6. The van der Waals surface area contributed by atoms with Crippen molar-refractivity contribution in [2.45, 2.75) is 17.9 Å². The normalized spacial score (nSPS) is 32.6. The highest BCUT2D eigenvalue weighted by Gasteiger charge is 2.65. The molecule has 2 atom stereocenters. The van der Waals surface area contributed by atoms with Crippen LogP contribution >= 0.6 is 0 Å². The van der Waals surface area contributed by atoms with E-state index in [2.05, 4.69) is 0 Å². The summed E-state index contributed by atoms with van der Waals surface area (Å²) in [7, 11) is 1.43. The number of esters is 2. The van der Waals surface area contributed by atoms with Crippen LogP contribution in [0.25, 0.3) is 0 Å². The fraction of sp³-hybridized carbons (Fsp3) is 0.286. The summed E-state index contributed by atoms with van der Waals surface area (Å²) in [5, 5.41) is 12.1. The van der Waals surface area contributed by atoms with Crippen LogP contribution in [0.15, 0.2) is 36.4 Å². The van der Waals surface area contributed by atoms with E-state index < -0.39 is 23.5 Å². The smallest absolute Gasteiger partial charge is 0.333 e. The van der Waals surface area contributed by atoms with E-state index in [-0.39, 0.29) is 6.42 Å². The maximum atomic E-state index is 11.8. The molecule has 7 nitrogen and oxygen atoms in total. The van der Waals surface area contributed by atoms with Crippen molar-refractivity contribution in [3.8, 4) is 0 Å². The molecule has 0 unspecified atom stereocenters. The van der Waals surface area contributed by atoms with Gasteiger partial charge in [-0.15, -0.1) is 0 Å². The predicted octanol–water partition coefficient (Wildman–Crippen LogP) is -0.454. The van der Waals surface area contributed by atoms with Crippen molar-refractivity contribution in [1.29, 1.82) is 0 Å². The minimum absolute atomic E-state index is 0.0968. The Hall–Kier alpha value is -2.22. The zero-order valence-electron chi connectivity index (χ0n) is 11.3. The SMILES string of the molecule is CN(N)[C@@]12Cc3ccccc3[C@@]1(O)OC(=O)/C=C/C(=O)O2. The van der Waals surface area contributed by atoms with Crippen molar-refractivity contribution in [3.63, 3.8) is 0 Å². The van der Waals surface area contributed by atoms with E-state index in [1.165, 1.54) is 7.05 Å². The third kappa shape index (κ3) is 1.79. The molecular weight excluding hydrogens is 276 g/mol. The molecule has 1 aromatic carbocycles. The van der Waals surface area contributed by atoms with Crippen molar-refractivity contribution < 1.29 is 24.2 Å². The summed E-state index contributed by atoms with van der Waals surface area (Å²) in [6.45, 7) is 0. The molecule has 1 aromatic rings. The summed E-state index contributed by atoms with van der Waals surface area (Å²) >= 11 is 0. The number of fused-ring (bicyclic) bond motifs is 3. The van der Waals surface area contributed by atoms with Gasteiger partial charge < -0.3 is 14.6 Å². The average Bonchev–Trinajstić information content (AvgIpc) is 2.66. The van der Waals surface area contributed by atoms with Crippen LogP contribution < -0.4 is 5.84 Å². The van der Waals surface area contributed by atoms with Gasteiger partial charge in [-0.2, -0.15) is 0 Å². The number of hydrogen-bond donors (Lipinski definition) is 2. The molecule has 0 amide bonds. The van der Waals surface area contributed by atoms with E-state index in [1.807, 2.05) is 0 Å². The van der Waals surface area contributed by atoms with Gasteiger partial charge in [-0.3, -0.25) is 5.84 Å². The zero-order chi connectivity index (χ0) is 15.3. The summed E-state index contributed by atoms with van der Waals surface area (Å²) < 4.78 is 10.5. The second-order valence-corrected chi connectivity index (χ2v) is 5.05. The molecular formula is C14H14N2O5. The first-order valence-electron chi connectivity index (χ1n) is 6.32. The highest BCUT2D eigenvalue weighted by molar-refractivity contribution is 5.92. The van der Waals surface area contributed by atoms with Gasteiger partial charge in [0.15, 0.2) is 0 Å². The molecule has 0 fully saturated rings. The summed E-state index contributed by atoms with van der Waals surface area (Å²) in [6.07, 6.45) is 1.94. The number of hydrogen-bond acceptors (Lipinski definition) is 7. The second-order valence-electron chi connectivity index (χ2n) is 5.05. The highest BCUT2D eigenvalue weighted by Crippen LogP contribution is 2.48. The van der Waals surface area contributed by atoms with Gasteiger partial charge in [-0.25, -0.2) is 14.6 Å². The van der Waals surface area contributed by atoms with E-state index in [1.54, 1.807) is 24.3 Å². The molecule has 0 spiro atoms. The molecule has 1 aliphatic heterocycles. The van der Waals surface area contributed by atoms with Gasteiger partial charge in [0.05, 0.1) is 0 Å². The fourth-order valence-corrected chi connectivity index (χ4v) is 2.79. The minimum Gasteiger partial charge on any atom is -0.431 e. The predicted molar refractivity (Wildman–Crippen MR) is 70.0 cm³/mol. The Balaban J connectivity index is 2.24. The van der Waals surface area contributed by atoms with Crippen molar-refractivity contribution in [2.75, 3.05) is 7.05 Å². The van der Waals surface area contributed by atoms with E-state index in [9.17, 15) is 14.7 Å². The Bertz CT molecular complexity index is 657. The number of rotatable bonds is 1. The number of ether oxygens (including phenoxy) is 2. The standard InChI is InChI=1S/C14H14N2O5/c1-16(15)13-8-9-4-2-3-5-10(9)14(13,19)21-12(18)7-6-11(17)20-13/h2-7,19H,8,15H2,1H3/b7-6+/t13-,14-/m1/s1. The number of nitrogens with two attached hydrogens (primary N) is 1. The van der Waals surface area contributed by atoms with Gasteiger partial charge >= 0.3 is 11.9 Å². The Morgan fingerprint density at radius 3 is 2.48 bits per heavy atom. The molecule has 0 bridgehead atoms. The molecule has 0 aromatic heterocycles. The number of carbonyl (C=O) groups excluding carboxylic acids is 2. The third-order valence-corrected chi connectivity index (χ3v) is 3.78. The molecule has 2 aliphatic rings. The lowest BCUT2D eigenvalue weighted by atomic mass is 10.0. The molecule has 1 aliphatic carbocycles. The van der Waals surface area contributed by atoms with E-state index in [4.69, 9.17) is 15.3 Å². The van der Waals surface area contributed by atoms with Gasteiger partial charge in [0.2, 0.25) is 0 Å². The number of aliphatic hydroxyl groups is 1. The van der Waals surface area contributed by atoms with Crippen LogP contribution in [-0.4, -0.2) is 34.8 Å². The summed E-state index contributed by atoms with van der Waals surface area (Å²) in [6, 6.07) is 6.81. The number of benzene rings is 1. The Labute approximate surface area is 120 Å². The van der Waals surface area contributed by atoms with Crippen molar-refractivity contribution in [1.82, 2.24) is 5.01 Å². The molecule has 0 saturated heterocycles. The molecule has 3 N–H and O–H groups in total. The van der Waals surface area contributed by atoms with E-state index in [0.717, 1.165) is 17.2 Å². The van der Waals surface area contributed by atoms with Crippen LogP contribution in [-0.2, 0) is 31.3 Å². The Morgan fingerprint density at radius 1 is 1.19 bits per heavy atom. The minimum atomic E-state index is -2.18. The lowest BCUT2D eigenvalue weighted by Gasteiger charge is -2.44. The topological polar surface area (TPSA) is 102 Å². The van der Waals surface area contributed by atoms with E-state index in [0.29, 0.717) is 11.1 Å². The first-order valence-corrected chi connectivity index (χ1v) is 6.32. The summed E-state index contributed by atoms with van der Waals surface area (Å²) in [5.41, 5.74) is -0.688. The third-order valence-electron chi connectivity index (χ3n) is 3.78. The molecule has 21 heavy (non-hydrogen) atoms. The van der Waals surface area contributed by atoms with Crippen molar-refractivity contribution in [2.24, 2.45) is 5.84 Å². The van der Waals surface area contributed by atoms with Crippen LogP contribution in [0.1, 0.15) is 11.1 Å². The molecule has 0 radical (unpaired) electrons.